The minimum absolute atomic E-state index is 0.854. The van der Waals surface area contributed by atoms with Crippen LogP contribution in [0.25, 0.3) is 77.6 Å². The summed E-state index contributed by atoms with van der Waals surface area (Å²) in [6.45, 7) is 0. The molecule has 1 heterocycles. The second kappa shape index (κ2) is 14.4. The number of anilines is 3. The van der Waals surface area contributed by atoms with Crippen LogP contribution in [0.5, 0.6) is 0 Å². The Morgan fingerprint density at radius 2 is 0.750 bits per heavy atom. The molecule has 0 aliphatic rings. The molecule has 0 N–H and O–H groups in total. The van der Waals surface area contributed by atoms with Crippen LogP contribution in [0.15, 0.2) is 229 Å². The van der Waals surface area contributed by atoms with E-state index in [1.807, 2.05) is 12.1 Å². The van der Waals surface area contributed by atoms with Gasteiger partial charge in [0.25, 0.3) is 0 Å². The van der Waals surface area contributed by atoms with Crippen LogP contribution in [0.3, 0.4) is 0 Å². The van der Waals surface area contributed by atoms with Crippen LogP contribution in [0, 0.1) is 0 Å². The molecule has 2 nitrogen and oxygen atoms in total. The van der Waals surface area contributed by atoms with Crippen molar-refractivity contribution in [3.05, 3.63) is 224 Å². The summed E-state index contributed by atoms with van der Waals surface area (Å²) >= 11 is 0. The second-order valence-electron chi connectivity index (χ2n) is 14.0. The molecule has 10 rings (SSSR count). The molecule has 0 fully saturated rings. The van der Waals surface area contributed by atoms with Crippen molar-refractivity contribution in [2.45, 2.75) is 0 Å². The lowest BCUT2D eigenvalue weighted by molar-refractivity contribution is 0.669. The van der Waals surface area contributed by atoms with Crippen LogP contribution in [0.1, 0.15) is 0 Å². The van der Waals surface area contributed by atoms with Crippen molar-refractivity contribution >= 4 is 39.0 Å². The molecule has 10 aromatic rings. The van der Waals surface area contributed by atoms with Gasteiger partial charge in [0.1, 0.15) is 11.2 Å². The first kappa shape index (κ1) is 33.2. The normalized spacial score (nSPS) is 11.2. The van der Waals surface area contributed by atoms with Gasteiger partial charge in [0.05, 0.1) is 11.4 Å². The Morgan fingerprint density at radius 1 is 0.286 bits per heavy atom. The quantitative estimate of drug-likeness (QED) is 0.156. The molecule has 0 amide bonds. The van der Waals surface area contributed by atoms with E-state index >= 15 is 0 Å². The molecule has 1 aromatic heterocycles. The highest BCUT2D eigenvalue weighted by atomic mass is 16.3. The maximum absolute atomic E-state index is 6.51. The van der Waals surface area contributed by atoms with Crippen molar-refractivity contribution in [2.24, 2.45) is 0 Å². The van der Waals surface area contributed by atoms with Crippen molar-refractivity contribution in [3.8, 4) is 55.6 Å². The lowest BCUT2D eigenvalue weighted by Gasteiger charge is -2.30. The molecule has 0 saturated carbocycles. The standard InChI is InChI=1S/C54H37NO/c1-4-19-38(20-5-1)42-25-10-11-29-48(42)54-44(40-23-8-3-9-24-40)30-18-31-49(54)45-27-13-16-33-51(45)55(50-32-15-12-26-43(50)39-21-6-2-7-22-39)41-35-36-47-46-28-14-17-34-52(46)56-53(47)37-41/h1-37H. The number of rotatable bonds is 8. The van der Waals surface area contributed by atoms with Crippen molar-refractivity contribution < 1.29 is 4.42 Å². The molecule has 0 saturated heterocycles. The molecule has 264 valence electrons. The van der Waals surface area contributed by atoms with E-state index in [0.717, 1.165) is 61.3 Å². The average molecular weight is 716 g/mol. The fourth-order valence-corrected chi connectivity index (χ4v) is 8.18. The van der Waals surface area contributed by atoms with E-state index in [1.165, 1.54) is 33.4 Å². The van der Waals surface area contributed by atoms with Gasteiger partial charge < -0.3 is 9.32 Å². The first-order valence-electron chi connectivity index (χ1n) is 19.1. The third kappa shape index (κ3) is 5.95. The van der Waals surface area contributed by atoms with E-state index < -0.39 is 0 Å². The lowest BCUT2D eigenvalue weighted by atomic mass is 9.84. The van der Waals surface area contributed by atoms with E-state index in [9.17, 15) is 0 Å². The van der Waals surface area contributed by atoms with Gasteiger partial charge in [-0.2, -0.15) is 0 Å². The number of fused-ring (bicyclic) bond motifs is 3. The van der Waals surface area contributed by atoms with Gasteiger partial charge in [-0.25, -0.2) is 0 Å². The van der Waals surface area contributed by atoms with E-state index in [0.29, 0.717) is 0 Å². The molecule has 56 heavy (non-hydrogen) atoms. The summed E-state index contributed by atoms with van der Waals surface area (Å²) < 4.78 is 6.51. The Bertz CT molecular complexity index is 2960. The zero-order valence-electron chi connectivity index (χ0n) is 30.7. The predicted molar refractivity (Wildman–Crippen MR) is 236 cm³/mol. The molecule has 0 bridgehead atoms. The van der Waals surface area contributed by atoms with Crippen molar-refractivity contribution in [3.63, 3.8) is 0 Å². The zero-order chi connectivity index (χ0) is 37.3. The van der Waals surface area contributed by atoms with Gasteiger partial charge in [0, 0.05) is 33.7 Å². The Morgan fingerprint density at radius 3 is 1.45 bits per heavy atom. The average Bonchev–Trinajstić information content (AvgIpc) is 3.65. The van der Waals surface area contributed by atoms with Gasteiger partial charge in [-0.1, -0.05) is 188 Å². The number of para-hydroxylation sites is 3. The number of furan rings is 1. The van der Waals surface area contributed by atoms with Crippen LogP contribution >= 0.6 is 0 Å². The highest BCUT2D eigenvalue weighted by molar-refractivity contribution is 6.07. The number of hydrogen-bond acceptors (Lipinski definition) is 2. The minimum atomic E-state index is 0.854. The van der Waals surface area contributed by atoms with Gasteiger partial charge >= 0.3 is 0 Å². The summed E-state index contributed by atoms with van der Waals surface area (Å²) in [5.41, 5.74) is 16.6. The largest absolute Gasteiger partial charge is 0.456 e. The molecular weight excluding hydrogens is 679 g/mol. The van der Waals surface area contributed by atoms with Crippen LogP contribution < -0.4 is 4.90 Å². The van der Waals surface area contributed by atoms with Gasteiger partial charge in [-0.15, -0.1) is 0 Å². The first-order valence-corrected chi connectivity index (χ1v) is 19.1. The van der Waals surface area contributed by atoms with Crippen molar-refractivity contribution in [2.75, 3.05) is 4.90 Å². The Hall–Kier alpha value is -7.42. The summed E-state index contributed by atoms with van der Waals surface area (Å²) in [5, 5.41) is 2.22. The van der Waals surface area contributed by atoms with E-state index in [2.05, 4.69) is 217 Å². The Kier molecular flexibility index (Phi) is 8.55. The lowest BCUT2D eigenvalue weighted by Crippen LogP contribution is -2.12. The van der Waals surface area contributed by atoms with Gasteiger partial charge in [0.2, 0.25) is 0 Å². The second-order valence-corrected chi connectivity index (χ2v) is 14.0. The molecule has 0 atom stereocenters. The van der Waals surface area contributed by atoms with Gasteiger partial charge in [-0.05, 0) is 74.8 Å². The minimum Gasteiger partial charge on any atom is -0.456 e. The summed E-state index contributed by atoms with van der Waals surface area (Å²) in [5.74, 6) is 0. The number of hydrogen-bond donors (Lipinski definition) is 0. The monoisotopic (exact) mass is 715 g/mol. The maximum Gasteiger partial charge on any atom is 0.137 e. The summed E-state index contributed by atoms with van der Waals surface area (Å²) in [6.07, 6.45) is 0. The molecule has 0 unspecified atom stereocenters. The van der Waals surface area contributed by atoms with Crippen LogP contribution in [0.4, 0.5) is 17.1 Å². The fourth-order valence-electron chi connectivity index (χ4n) is 8.18. The highest BCUT2D eigenvalue weighted by Crippen LogP contribution is 2.50. The summed E-state index contributed by atoms with van der Waals surface area (Å²) in [4.78, 5) is 2.41. The smallest absolute Gasteiger partial charge is 0.137 e. The molecule has 0 radical (unpaired) electrons. The van der Waals surface area contributed by atoms with Crippen molar-refractivity contribution in [1.82, 2.24) is 0 Å². The van der Waals surface area contributed by atoms with Gasteiger partial charge in [-0.3, -0.25) is 0 Å². The third-order valence-corrected chi connectivity index (χ3v) is 10.7. The Labute approximate surface area is 327 Å². The van der Waals surface area contributed by atoms with Crippen LogP contribution in [-0.4, -0.2) is 0 Å². The maximum atomic E-state index is 6.51. The molecule has 9 aromatic carbocycles. The number of benzene rings is 9. The Balaban J connectivity index is 1.27. The first-order chi connectivity index (χ1) is 27.8. The van der Waals surface area contributed by atoms with Gasteiger partial charge in [0.15, 0.2) is 0 Å². The molecule has 0 spiro atoms. The van der Waals surface area contributed by atoms with E-state index in [-0.39, 0.29) is 0 Å². The SMILES string of the molecule is c1ccc(-c2ccccc2-c2c(-c3ccccc3)cccc2-c2ccccc2N(c2ccc3c(c2)oc2ccccc23)c2ccccc2-c2ccccc2)cc1. The van der Waals surface area contributed by atoms with Crippen molar-refractivity contribution in [1.29, 1.82) is 0 Å². The molecule has 0 aliphatic heterocycles. The molecular formula is C54H37NO. The summed E-state index contributed by atoms with van der Waals surface area (Å²) in [7, 11) is 0. The highest BCUT2D eigenvalue weighted by Gasteiger charge is 2.24. The number of nitrogens with zero attached hydrogens (tertiary/aromatic N) is 1. The fraction of sp³-hybridized carbons (Fsp3) is 0. The van der Waals surface area contributed by atoms with Crippen LogP contribution in [-0.2, 0) is 0 Å². The molecule has 2 heteroatoms. The van der Waals surface area contributed by atoms with E-state index in [4.69, 9.17) is 4.42 Å². The predicted octanol–water partition coefficient (Wildman–Crippen LogP) is 15.4. The van der Waals surface area contributed by atoms with Crippen LogP contribution in [0.2, 0.25) is 0 Å². The molecule has 0 aliphatic carbocycles. The van der Waals surface area contributed by atoms with E-state index in [1.54, 1.807) is 0 Å². The zero-order valence-corrected chi connectivity index (χ0v) is 30.7. The third-order valence-electron chi connectivity index (χ3n) is 10.7. The summed E-state index contributed by atoms with van der Waals surface area (Å²) in [6, 6.07) is 80.1. The topological polar surface area (TPSA) is 16.4 Å².